The van der Waals surface area contributed by atoms with Crippen LogP contribution in [-0.4, -0.2) is 43.4 Å². The van der Waals surface area contributed by atoms with E-state index in [1.54, 1.807) is 17.0 Å². The van der Waals surface area contributed by atoms with Crippen molar-refractivity contribution in [2.75, 3.05) is 18.1 Å². The zero-order valence-electron chi connectivity index (χ0n) is 14.1. The highest BCUT2D eigenvalue weighted by atomic mass is 32.2. The molecule has 2 aromatic rings. The SMILES string of the molecule is CCOc1ccc(CN(C(=O)c2ccco2)[C@@H]2CCS(=O)(=O)C2)cc1. The number of furan rings is 1. The number of rotatable bonds is 6. The summed E-state index contributed by atoms with van der Waals surface area (Å²) in [4.78, 5) is 14.4. The van der Waals surface area contributed by atoms with Gasteiger partial charge < -0.3 is 14.1 Å². The first-order chi connectivity index (χ1) is 12.0. The second kappa shape index (κ2) is 7.31. The summed E-state index contributed by atoms with van der Waals surface area (Å²) in [6.07, 6.45) is 1.89. The van der Waals surface area contributed by atoms with Crippen LogP contribution >= 0.6 is 0 Å². The van der Waals surface area contributed by atoms with Gasteiger partial charge in [-0.15, -0.1) is 0 Å². The second-order valence-electron chi connectivity index (χ2n) is 6.04. The van der Waals surface area contributed by atoms with Crippen LogP contribution in [0, 0.1) is 0 Å². The van der Waals surface area contributed by atoms with E-state index in [0.717, 1.165) is 11.3 Å². The Kier molecular flexibility index (Phi) is 5.13. The van der Waals surface area contributed by atoms with Gasteiger partial charge in [-0.2, -0.15) is 0 Å². The Bertz CT molecular complexity index is 812. The van der Waals surface area contributed by atoms with Crippen molar-refractivity contribution in [2.24, 2.45) is 0 Å². The van der Waals surface area contributed by atoms with Crippen LogP contribution < -0.4 is 4.74 Å². The maximum Gasteiger partial charge on any atom is 0.290 e. The highest BCUT2D eigenvalue weighted by molar-refractivity contribution is 7.91. The average Bonchev–Trinajstić information content (AvgIpc) is 3.23. The molecule has 1 atom stereocenters. The van der Waals surface area contributed by atoms with Crippen molar-refractivity contribution in [3.05, 3.63) is 54.0 Å². The van der Waals surface area contributed by atoms with Gasteiger partial charge in [0.1, 0.15) is 5.75 Å². The first-order valence-corrected chi connectivity index (χ1v) is 10.1. The molecule has 0 N–H and O–H groups in total. The van der Waals surface area contributed by atoms with Crippen LogP contribution in [0.15, 0.2) is 47.1 Å². The van der Waals surface area contributed by atoms with Crippen molar-refractivity contribution in [1.29, 1.82) is 0 Å². The summed E-state index contributed by atoms with van der Waals surface area (Å²) in [6.45, 7) is 2.83. The van der Waals surface area contributed by atoms with Crippen LogP contribution in [0.1, 0.15) is 29.5 Å². The molecule has 1 fully saturated rings. The fraction of sp³-hybridized carbons (Fsp3) is 0.389. The molecule has 6 nitrogen and oxygen atoms in total. The molecule has 25 heavy (non-hydrogen) atoms. The lowest BCUT2D eigenvalue weighted by Gasteiger charge is -2.27. The summed E-state index contributed by atoms with van der Waals surface area (Å²) in [7, 11) is -3.09. The molecule has 0 spiro atoms. The molecule has 1 aromatic heterocycles. The Balaban J connectivity index is 1.82. The molecule has 1 amide bonds. The zero-order chi connectivity index (χ0) is 17.9. The minimum absolute atomic E-state index is 0.00349. The van der Waals surface area contributed by atoms with E-state index >= 15 is 0 Å². The van der Waals surface area contributed by atoms with Gasteiger partial charge >= 0.3 is 0 Å². The van der Waals surface area contributed by atoms with Gasteiger partial charge in [0.15, 0.2) is 15.6 Å². The van der Waals surface area contributed by atoms with Gasteiger partial charge in [0.25, 0.3) is 5.91 Å². The molecule has 0 bridgehead atoms. The smallest absolute Gasteiger partial charge is 0.290 e. The Morgan fingerprint density at radius 2 is 2.04 bits per heavy atom. The first-order valence-electron chi connectivity index (χ1n) is 8.25. The lowest BCUT2D eigenvalue weighted by molar-refractivity contribution is 0.0648. The molecule has 0 radical (unpaired) electrons. The van der Waals surface area contributed by atoms with Crippen LogP contribution in [-0.2, 0) is 16.4 Å². The zero-order valence-corrected chi connectivity index (χ0v) is 14.9. The molecule has 134 valence electrons. The van der Waals surface area contributed by atoms with E-state index in [9.17, 15) is 13.2 Å². The van der Waals surface area contributed by atoms with Gasteiger partial charge in [0.2, 0.25) is 0 Å². The van der Waals surface area contributed by atoms with Crippen molar-refractivity contribution < 1.29 is 22.4 Å². The third kappa shape index (κ3) is 4.22. The van der Waals surface area contributed by atoms with Crippen molar-refractivity contribution in [3.8, 4) is 5.75 Å². The predicted molar refractivity (Wildman–Crippen MR) is 93.3 cm³/mol. The van der Waals surface area contributed by atoms with Crippen molar-refractivity contribution in [1.82, 2.24) is 4.90 Å². The topological polar surface area (TPSA) is 76.8 Å². The van der Waals surface area contributed by atoms with Crippen LogP contribution in [0.5, 0.6) is 5.75 Å². The van der Waals surface area contributed by atoms with Crippen molar-refractivity contribution in [3.63, 3.8) is 0 Å². The van der Waals surface area contributed by atoms with Gasteiger partial charge in [0.05, 0.1) is 24.4 Å². The van der Waals surface area contributed by atoms with Crippen LogP contribution in [0.25, 0.3) is 0 Å². The van der Waals surface area contributed by atoms with Gasteiger partial charge in [-0.3, -0.25) is 4.79 Å². The number of ether oxygens (including phenoxy) is 1. The number of nitrogens with zero attached hydrogens (tertiary/aromatic N) is 1. The molecule has 1 saturated heterocycles. The second-order valence-corrected chi connectivity index (χ2v) is 8.27. The fourth-order valence-electron chi connectivity index (χ4n) is 2.98. The largest absolute Gasteiger partial charge is 0.494 e. The van der Waals surface area contributed by atoms with E-state index < -0.39 is 9.84 Å². The summed E-state index contributed by atoms with van der Waals surface area (Å²) in [6, 6.07) is 10.4. The summed E-state index contributed by atoms with van der Waals surface area (Å²) < 4.78 is 34.3. The highest BCUT2D eigenvalue weighted by Crippen LogP contribution is 2.23. The van der Waals surface area contributed by atoms with E-state index in [4.69, 9.17) is 9.15 Å². The number of carbonyl (C=O) groups excluding carboxylic acids is 1. The Hall–Kier alpha value is -2.28. The standard InChI is InChI=1S/C18H21NO5S/c1-2-23-16-7-5-14(6-8-16)12-19(15-9-11-25(21,22)13-15)18(20)17-4-3-10-24-17/h3-8,10,15H,2,9,11-13H2,1H3/t15-/m1/s1. The number of hydrogen-bond acceptors (Lipinski definition) is 5. The molecule has 1 aromatic carbocycles. The molecule has 0 unspecified atom stereocenters. The molecular formula is C18H21NO5S. The number of sulfone groups is 1. The number of amides is 1. The van der Waals surface area contributed by atoms with Gasteiger partial charge in [0, 0.05) is 12.6 Å². The quantitative estimate of drug-likeness (QED) is 0.788. The molecule has 0 saturated carbocycles. The first kappa shape index (κ1) is 17.5. The van der Waals surface area contributed by atoms with E-state index in [-0.39, 0.29) is 29.2 Å². The molecule has 0 aliphatic carbocycles. The molecule has 3 rings (SSSR count). The maximum absolute atomic E-state index is 12.8. The van der Waals surface area contributed by atoms with E-state index in [1.807, 2.05) is 31.2 Å². The molecule has 1 aliphatic heterocycles. The number of hydrogen-bond donors (Lipinski definition) is 0. The number of carbonyl (C=O) groups is 1. The van der Waals surface area contributed by atoms with E-state index in [2.05, 4.69) is 0 Å². The predicted octanol–water partition coefficient (Wildman–Crippen LogP) is 2.51. The van der Waals surface area contributed by atoms with Crippen LogP contribution in [0.4, 0.5) is 0 Å². The third-order valence-electron chi connectivity index (χ3n) is 4.23. The van der Waals surface area contributed by atoms with Gasteiger partial charge in [-0.1, -0.05) is 12.1 Å². The summed E-state index contributed by atoms with van der Waals surface area (Å²) in [5.74, 6) is 0.800. The fourth-order valence-corrected chi connectivity index (χ4v) is 4.71. The molecular weight excluding hydrogens is 342 g/mol. The monoisotopic (exact) mass is 363 g/mol. The minimum Gasteiger partial charge on any atom is -0.494 e. The summed E-state index contributed by atoms with van der Waals surface area (Å²) in [5, 5.41) is 0. The average molecular weight is 363 g/mol. The summed E-state index contributed by atoms with van der Waals surface area (Å²) >= 11 is 0. The minimum atomic E-state index is -3.09. The van der Waals surface area contributed by atoms with Crippen LogP contribution in [0.3, 0.4) is 0 Å². The lowest BCUT2D eigenvalue weighted by Crippen LogP contribution is -2.40. The Morgan fingerprint density at radius 1 is 1.28 bits per heavy atom. The van der Waals surface area contributed by atoms with E-state index in [0.29, 0.717) is 19.6 Å². The maximum atomic E-state index is 12.8. The summed E-state index contributed by atoms with van der Waals surface area (Å²) in [5.41, 5.74) is 0.910. The molecule has 7 heteroatoms. The molecule has 2 heterocycles. The van der Waals surface area contributed by atoms with Crippen molar-refractivity contribution in [2.45, 2.75) is 25.9 Å². The van der Waals surface area contributed by atoms with E-state index in [1.165, 1.54) is 6.26 Å². The Morgan fingerprint density at radius 3 is 2.60 bits per heavy atom. The van der Waals surface area contributed by atoms with Gasteiger partial charge in [-0.25, -0.2) is 8.42 Å². The third-order valence-corrected chi connectivity index (χ3v) is 5.98. The van der Waals surface area contributed by atoms with Crippen LogP contribution in [0.2, 0.25) is 0 Å². The normalized spacial score (nSPS) is 18.8. The molecule has 1 aliphatic rings. The van der Waals surface area contributed by atoms with Gasteiger partial charge in [-0.05, 0) is 43.2 Å². The number of benzene rings is 1. The Labute approximate surface area is 147 Å². The van der Waals surface area contributed by atoms with Crippen molar-refractivity contribution >= 4 is 15.7 Å². The lowest BCUT2D eigenvalue weighted by atomic mass is 10.1. The highest BCUT2D eigenvalue weighted by Gasteiger charge is 2.35.